The predicted molar refractivity (Wildman–Crippen MR) is 116 cm³/mol. The molecule has 0 bridgehead atoms. The third-order valence-corrected chi connectivity index (χ3v) is 5.26. The molecule has 7 heteroatoms. The molecule has 3 rings (SSSR count). The Morgan fingerprint density at radius 1 is 1.07 bits per heavy atom. The molecule has 0 aliphatic heterocycles. The fourth-order valence-corrected chi connectivity index (χ4v) is 3.38. The van der Waals surface area contributed by atoms with Crippen LogP contribution in [0.3, 0.4) is 0 Å². The predicted octanol–water partition coefficient (Wildman–Crippen LogP) is 4.50. The Morgan fingerprint density at radius 2 is 1.83 bits per heavy atom. The fourth-order valence-electron chi connectivity index (χ4n) is 2.52. The van der Waals surface area contributed by atoms with Gasteiger partial charge in [-0.1, -0.05) is 35.9 Å². The molecular weight excluding hydrogens is 408 g/mol. The lowest BCUT2D eigenvalue weighted by Crippen LogP contribution is -2.34. The Morgan fingerprint density at radius 3 is 2.48 bits per heavy atom. The molecule has 29 heavy (non-hydrogen) atoms. The standard InChI is InChI=1S/C22H19ClN2O3S/c1-28-17-10-8-15(9-11-17)21(26)25-20(13-18-6-4-12-29-18)22(27)24-14-16-5-2-3-7-19(16)23/h2-13H,14H2,1H3,(H,24,27)(H,25,26)/b20-13-. The van der Waals surface area contributed by atoms with Gasteiger partial charge in [0.15, 0.2) is 0 Å². The molecule has 0 aliphatic rings. The molecule has 0 radical (unpaired) electrons. The lowest BCUT2D eigenvalue weighted by Gasteiger charge is -2.12. The van der Waals surface area contributed by atoms with Crippen LogP contribution in [0.5, 0.6) is 5.75 Å². The van der Waals surface area contributed by atoms with E-state index in [4.69, 9.17) is 16.3 Å². The van der Waals surface area contributed by atoms with E-state index in [2.05, 4.69) is 10.6 Å². The van der Waals surface area contributed by atoms with Crippen molar-refractivity contribution in [1.82, 2.24) is 10.6 Å². The van der Waals surface area contributed by atoms with Gasteiger partial charge in [0, 0.05) is 22.0 Å². The number of rotatable bonds is 7. The lowest BCUT2D eigenvalue weighted by molar-refractivity contribution is -0.117. The minimum absolute atomic E-state index is 0.153. The van der Waals surface area contributed by atoms with Gasteiger partial charge in [0.1, 0.15) is 11.4 Å². The number of hydrogen-bond acceptors (Lipinski definition) is 4. The van der Waals surface area contributed by atoms with Gasteiger partial charge in [-0.3, -0.25) is 9.59 Å². The van der Waals surface area contributed by atoms with Crippen LogP contribution in [-0.2, 0) is 11.3 Å². The number of hydrogen-bond donors (Lipinski definition) is 2. The summed E-state index contributed by atoms with van der Waals surface area (Å²) in [6.45, 7) is 0.249. The normalized spacial score (nSPS) is 11.0. The van der Waals surface area contributed by atoms with E-state index in [0.717, 1.165) is 10.4 Å². The maximum atomic E-state index is 12.8. The molecule has 2 amide bonds. The van der Waals surface area contributed by atoms with Crippen LogP contribution in [0.4, 0.5) is 0 Å². The number of amides is 2. The van der Waals surface area contributed by atoms with Crippen molar-refractivity contribution < 1.29 is 14.3 Å². The Labute approximate surface area is 178 Å². The van der Waals surface area contributed by atoms with Crippen LogP contribution in [0.2, 0.25) is 5.02 Å². The molecule has 0 saturated carbocycles. The molecule has 5 nitrogen and oxygen atoms in total. The van der Waals surface area contributed by atoms with E-state index in [1.165, 1.54) is 11.3 Å². The summed E-state index contributed by atoms with van der Waals surface area (Å²) < 4.78 is 5.11. The maximum absolute atomic E-state index is 12.8. The number of thiophene rings is 1. The third kappa shape index (κ3) is 5.70. The van der Waals surface area contributed by atoms with Gasteiger partial charge in [0.2, 0.25) is 0 Å². The summed E-state index contributed by atoms with van der Waals surface area (Å²) in [5, 5.41) is 7.98. The Balaban J connectivity index is 1.76. The largest absolute Gasteiger partial charge is 0.497 e. The zero-order valence-electron chi connectivity index (χ0n) is 15.6. The van der Waals surface area contributed by atoms with Gasteiger partial charge >= 0.3 is 0 Å². The van der Waals surface area contributed by atoms with E-state index in [9.17, 15) is 9.59 Å². The number of ether oxygens (including phenoxy) is 1. The van der Waals surface area contributed by atoms with Gasteiger partial charge in [-0.25, -0.2) is 0 Å². The molecular formula is C22H19ClN2O3S. The Kier molecular flexibility index (Phi) is 7.05. The number of nitrogens with one attached hydrogen (secondary N) is 2. The van der Waals surface area contributed by atoms with E-state index in [1.807, 2.05) is 35.7 Å². The minimum atomic E-state index is -0.403. The van der Waals surface area contributed by atoms with Gasteiger partial charge in [0.25, 0.3) is 11.8 Å². The van der Waals surface area contributed by atoms with Crippen LogP contribution < -0.4 is 15.4 Å². The molecule has 0 atom stereocenters. The number of carbonyl (C=O) groups is 2. The van der Waals surface area contributed by atoms with E-state index in [0.29, 0.717) is 16.3 Å². The molecule has 1 aromatic heterocycles. The van der Waals surface area contributed by atoms with Crippen LogP contribution in [-0.4, -0.2) is 18.9 Å². The summed E-state index contributed by atoms with van der Waals surface area (Å²) in [6, 6.07) is 17.7. The highest BCUT2D eigenvalue weighted by Gasteiger charge is 2.15. The van der Waals surface area contributed by atoms with Crippen molar-refractivity contribution in [2.75, 3.05) is 7.11 Å². The van der Waals surface area contributed by atoms with Crippen molar-refractivity contribution >= 4 is 40.8 Å². The van der Waals surface area contributed by atoms with E-state index < -0.39 is 5.91 Å². The van der Waals surface area contributed by atoms with Crippen LogP contribution in [0, 0.1) is 0 Å². The second kappa shape index (κ2) is 9.91. The summed E-state index contributed by atoms with van der Waals surface area (Å²) in [4.78, 5) is 26.2. The van der Waals surface area contributed by atoms with Crippen molar-refractivity contribution in [1.29, 1.82) is 0 Å². The molecule has 148 valence electrons. The third-order valence-electron chi connectivity index (χ3n) is 4.07. The summed E-state index contributed by atoms with van der Waals surface area (Å²) in [5.41, 5.74) is 1.36. The van der Waals surface area contributed by atoms with E-state index in [-0.39, 0.29) is 18.1 Å². The van der Waals surface area contributed by atoms with Gasteiger partial charge in [-0.05, 0) is 53.4 Å². The second-order valence-electron chi connectivity index (χ2n) is 6.03. The minimum Gasteiger partial charge on any atom is -0.497 e. The van der Waals surface area contributed by atoms with E-state index >= 15 is 0 Å². The highest BCUT2D eigenvalue weighted by molar-refractivity contribution is 7.10. The van der Waals surface area contributed by atoms with Gasteiger partial charge in [-0.2, -0.15) is 0 Å². The lowest BCUT2D eigenvalue weighted by atomic mass is 10.2. The zero-order valence-corrected chi connectivity index (χ0v) is 17.2. The first kappa shape index (κ1) is 20.6. The summed E-state index contributed by atoms with van der Waals surface area (Å²) >= 11 is 7.62. The molecule has 0 saturated heterocycles. The number of methoxy groups -OCH3 is 1. The van der Waals surface area contributed by atoms with Crippen LogP contribution in [0.1, 0.15) is 20.8 Å². The average molecular weight is 427 g/mol. The van der Waals surface area contributed by atoms with Gasteiger partial charge < -0.3 is 15.4 Å². The van der Waals surface area contributed by atoms with Crippen molar-refractivity contribution in [3.63, 3.8) is 0 Å². The zero-order chi connectivity index (χ0) is 20.6. The molecule has 0 fully saturated rings. The van der Waals surface area contributed by atoms with Crippen molar-refractivity contribution in [3.05, 3.63) is 92.8 Å². The maximum Gasteiger partial charge on any atom is 0.268 e. The first-order valence-electron chi connectivity index (χ1n) is 8.79. The number of halogens is 1. The molecule has 0 unspecified atom stereocenters. The number of benzene rings is 2. The first-order chi connectivity index (χ1) is 14.1. The van der Waals surface area contributed by atoms with Gasteiger partial charge in [-0.15, -0.1) is 11.3 Å². The monoisotopic (exact) mass is 426 g/mol. The Hall–Kier alpha value is -3.09. The highest BCUT2D eigenvalue weighted by Crippen LogP contribution is 2.16. The number of carbonyl (C=O) groups excluding carboxylic acids is 2. The molecule has 3 aromatic rings. The van der Waals surface area contributed by atoms with Crippen molar-refractivity contribution in [3.8, 4) is 5.75 Å². The molecule has 0 spiro atoms. The van der Waals surface area contributed by atoms with Crippen LogP contribution >= 0.6 is 22.9 Å². The first-order valence-corrected chi connectivity index (χ1v) is 10.0. The molecule has 2 aromatic carbocycles. The van der Waals surface area contributed by atoms with E-state index in [1.54, 1.807) is 43.5 Å². The topological polar surface area (TPSA) is 67.4 Å². The SMILES string of the molecule is COc1ccc(C(=O)N/C(=C\c2cccs2)C(=O)NCc2ccccc2Cl)cc1. The van der Waals surface area contributed by atoms with Crippen LogP contribution in [0.25, 0.3) is 6.08 Å². The van der Waals surface area contributed by atoms with Crippen molar-refractivity contribution in [2.45, 2.75) is 6.54 Å². The highest BCUT2D eigenvalue weighted by atomic mass is 35.5. The summed E-state index contributed by atoms with van der Waals surface area (Å²) in [5.74, 6) is -0.142. The molecule has 1 heterocycles. The molecule has 0 aliphatic carbocycles. The van der Waals surface area contributed by atoms with Crippen LogP contribution in [0.15, 0.2) is 71.7 Å². The average Bonchev–Trinajstić information content (AvgIpc) is 3.25. The van der Waals surface area contributed by atoms with Gasteiger partial charge in [0.05, 0.1) is 7.11 Å². The fraction of sp³-hybridized carbons (Fsp3) is 0.0909. The smallest absolute Gasteiger partial charge is 0.268 e. The van der Waals surface area contributed by atoms with Crippen molar-refractivity contribution in [2.24, 2.45) is 0 Å². The summed E-state index contributed by atoms with van der Waals surface area (Å²) in [7, 11) is 1.56. The summed E-state index contributed by atoms with van der Waals surface area (Å²) in [6.07, 6.45) is 1.65. The Bertz CT molecular complexity index is 1010. The second-order valence-corrected chi connectivity index (χ2v) is 7.42. The quantitative estimate of drug-likeness (QED) is 0.547. The molecule has 2 N–H and O–H groups in total.